The molecule has 1 aromatic carbocycles. The van der Waals surface area contributed by atoms with Gasteiger partial charge in [0.1, 0.15) is 0 Å². The molecule has 0 spiro atoms. The standard InChI is InChI=1S/C12H16O/c1-3-7-10(2)12(13)11-8-5-4-6-9-11/h3-10,12-13H,1-2H3/b7-3+/t10-,12+/m1/s1. The third-order valence-corrected chi connectivity index (χ3v) is 2.14. The van der Waals surface area contributed by atoms with Gasteiger partial charge in [-0.1, -0.05) is 49.4 Å². The van der Waals surface area contributed by atoms with Gasteiger partial charge in [0.25, 0.3) is 0 Å². The fourth-order valence-corrected chi connectivity index (χ4v) is 1.36. The van der Waals surface area contributed by atoms with Crippen LogP contribution in [0.1, 0.15) is 25.5 Å². The van der Waals surface area contributed by atoms with Crippen molar-refractivity contribution in [2.24, 2.45) is 5.92 Å². The molecule has 0 fully saturated rings. The van der Waals surface area contributed by atoms with Crippen molar-refractivity contribution in [3.63, 3.8) is 0 Å². The Balaban J connectivity index is 2.73. The number of hydrogen-bond acceptors (Lipinski definition) is 1. The topological polar surface area (TPSA) is 20.2 Å². The summed E-state index contributed by atoms with van der Waals surface area (Å²) in [6, 6.07) is 9.74. The zero-order chi connectivity index (χ0) is 9.68. The zero-order valence-electron chi connectivity index (χ0n) is 8.14. The van der Waals surface area contributed by atoms with Crippen molar-refractivity contribution in [3.8, 4) is 0 Å². The van der Waals surface area contributed by atoms with Crippen molar-refractivity contribution in [2.75, 3.05) is 0 Å². The van der Waals surface area contributed by atoms with Crippen molar-refractivity contribution in [1.82, 2.24) is 0 Å². The molecule has 0 aromatic heterocycles. The van der Waals surface area contributed by atoms with Crippen molar-refractivity contribution in [1.29, 1.82) is 0 Å². The summed E-state index contributed by atoms with van der Waals surface area (Å²) in [5.41, 5.74) is 0.980. The summed E-state index contributed by atoms with van der Waals surface area (Å²) >= 11 is 0. The molecule has 2 atom stereocenters. The van der Waals surface area contributed by atoms with Gasteiger partial charge in [0.15, 0.2) is 0 Å². The van der Waals surface area contributed by atoms with Gasteiger partial charge in [0, 0.05) is 5.92 Å². The first kappa shape index (κ1) is 10.0. The van der Waals surface area contributed by atoms with E-state index in [9.17, 15) is 5.11 Å². The van der Waals surface area contributed by atoms with Gasteiger partial charge in [-0.05, 0) is 12.5 Å². The Kier molecular flexibility index (Phi) is 3.71. The van der Waals surface area contributed by atoms with Crippen molar-refractivity contribution >= 4 is 0 Å². The van der Waals surface area contributed by atoms with E-state index in [-0.39, 0.29) is 5.92 Å². The Hall–Kier alpha value is -1.08. The molecule has 0 aliphatic carbocycles. The highest BCUT2D eigenvalue weighted by Crippen LogP contribution is 2.21. The van der Waals surface area contributed by atoms with E-state index >= 15 is 0 Å². The number of benzene rings is 1. The van der Waals surface area contributed by atoms with E-state index in [1.165, 1.54) is 0 Å². The van der Waals surface area contributed by atoms with Gasteiger partial charge < -0.3 is 5.11 Å². The third kappa shape index (κ3) is 2.71. The molecule has 0 aliphatic heterocycles. The van der Waals surface area contributed by atoms with Crippen LogP contribution in [0.3, 0.4) is 0 Å². The van der Waals surface area contributed by atoms with E-state index in [0.29, 0.717) is 0 Å². The van der Waals surface area contributed by atoms with E-state index in [4.69, 9.17) is 0 Å². The lowest BCUT2D eigenvalue weighted by molar-refractivity contribution is 0.139. The fourth-order valence-electron chi connectivity index (χ4n) is 1.36. The first-order valence-corrected chi connectivity index (χ1v) is 4.61. The van der Waals surface area contributed by atoms with E-state index < -0.39 is 6.10 Å². The van der Waals surface area contributed by atoms with Crippen LogP contribution in [-0.2, 0) is 0 Å². The molecule has 0 unspecified atom stereocenters. The zero-order valence-corrected chi connectivity index (χ0v) is 8.14. The largest absolute Gasteiger partial charge is 0.388 e. The van der Waals surface area contributed by atoms with Gasteiger partial charge in [0.05, 0.1) is 6.10 Å². The quantitative estimate of drug-likeness (QED) is 0.702. The third-order valence-electron chi connectivity index (χ3n) is 2.14. The molecule has 0 amide bonds. The first-order valence-electron chi connectivity index (χ1n) is 4.61. The molecule has 0 aliphatic rings. The number of rotatable bonds is 3. The Morgan fingerprint density at radius 2 is 1.85 bits per heavy atom. The van der Waals surface area contributed by atoms with Crippen molar-refractivity contribution in [3.05, 3.63) is 48.0 Å². The summed E-state index contributed by atoms with van der Waals surface area (Å²) in [6.45, 7) is 3.98. The maximum atomic E-state index is 9.87. The molecule has 0 saturated heterocycles. The number of aliphatic hydroxyl groups is 1. The molecule has 13 heavy (non-hydrogen) atoms. The summed E-state index contributed by atoms with van der Waals surface area (Å²) in [4.78, 5) is 0. The molecule has 1 N–H and O–H groups in total. The van der Waals surface area contributed by atoms with E-state index in [2.05, 4.69) is 0 Å². The van der Waals surface area contributed by atoms with Crippen LogP contribution in [0.25, 0.3) is 0 Å². The molecule has 70 valence electrons. The second-order valence-corrected chi connectivity index (χ2v) is 3.24. The summed E-state index contributed by atoms with van der Waals surface area (Å²) in [5.74, 6) is 0.174. The van der Waals surface area contributed by atoms with Crippen LogP contribution in [0.15, 0.2) is 42.5 Å². The SMILES string of the molecule is C/C=C/[C@@H](C)[C@H](O)c1ccccc1. The Labute approximate surface area is 79.7 Å². The van der Waals surface area contributed by atoms with Gasteiger partial charge in [0.2, 0.25) is 0 Å². The van der Waals surface area contributed by atoms with Crippen LogP contribution in [0.5, 0.6) is 0 Å². The molecule has 0 radical (unpaired) electrons. The lowest BCUT2D eigenvalue weighted by atomic mass is 9.97. The first-order chi connectivity index (χ1) is 6.25. The van der Waals surface area contributed by atoms with Crippen LogP contribution in [-0.4, -0.2) is 5.11 Å². The second kappa shape index (κ2) is 4.83. The van der Waals surface area contributed by atoms with Gasteiger partial charge in [-0.15, -0.1) is 0 Å². The Bertz CT molecular complexity index is 264. The molecule has 0 saturated carbocycles. The molecule has 1 heteroatoms. The molecular formula is C12H16O. The minimum Gasteiger partial charge on any atom is -0.388 e. The lowest BCUT2D eigenvalue weighted by Gasteiger charge is -2.15. The monoisotopic (exact) mass is 176 g/mol. The maximum Gasteiger partial charge on any atom is 0.0849 e. The molecular weight excluding hydrogens is 160 g/mol. The predicted molar refractivity (Wildman–Crippen MR) is 55.4 cm³/mol. The van der Waals surface area contributed by atoms with Crippen LogP contribution < -0.4 is 0 Å². The molecule has 1 aromatic rings. The average Bonchev–Trinajstić information content (AvgIpc) is 2.18. The highest BCUT2D eigenvalue weighted by Gasteiger charge is 2.12. The van der Waals surface area contributed by atoms with Crippen molar-refractivity contribution in [2.45, 2.75) is 20.0 Å². The highest BCUT2D eigenvalue weighted by atomic mass is 16.3. The summed E-state index contributed by atoms with van der Waals surface area (Å²) in [5, 5.41) is 9.87. The molecule has 0 bridgehead atoms. The van der Waals surface area contributed by atoms with Crippen LogP contribution >= 0.6 is 0 Å². The minimum absolute atomic E-state index is 0.174. The van der Waals surface area contributed by atoms with Gasteiger partial charge in [-0.25, -0.2) is 0 Å². The summed E-state index contributed by atoms with van der Waals surface area (Å²) in [7, 11) is 0. The Morgan fingerprint density at radius 3 is 2.38 bits per heavy atom. The second-order valence-electron chi connectivity index (χ2n) is 3.24. The summed E-state index contributed by atoms with van der Waals surface area (Å²) in [6.07, 6.45) is 3.59. The number of hydrogen-bond donors (Lipinski definition) is 1. The van der Waals surface area contributed by atoms with E-state index in [0.717, 1.165) is 5.56 Å². The highest BCUT2D eigenvalue weighted by molar-refractivity contribution is 5.18. The smallest absolute Gasteiger partial charge is 0.0849 e. The van der Waals surface area contributed by atoms with Gasteiger partial charge >= 0.3 is 0 Å². The van der Waals surface area contributed by atoms with Crippen LogP contribution in [0, 0.1) is 5.92 Å². The molecule has 0 heterocycles. The van der Waals surface area contributed by atoms with Crippen LogP contribution in [0.2, 0.25) is 0 Å². The van der Waals surface area contributed by atoms with E-state index in [1.807, 2.05) is 56.3 Å². The number of aliphatic hydroxyl groups excluding tert-OH is 1. The molecule has 1 nitrogen and oxygen atoms in total. The van der Waals surface area contributed by atoms with E-state index in [1.54, 1.807) is 0 Å². The molecule has 1 rings (SSSR count). The van der Waals surface area contributed by atoms with Crippen molar-refractivity contribution < 1.29 is 5.11 Å². The minimum atomic E-state index is -0.391. The summed E-state index contributed by atoms with van der Waals surface area (Å²) < 4.78 is 0. The normalized spacial score (nSPS) is 15.9. The maximum absolute atomic E-state index is 9.87. The fraction of sp³-hybridized carbons (Fsp3) is 0.333. The van der Waals surface area contributed by atoms with Crippen LogP contribution in [0.4, 0.5) is 0 Å². The Morgan fingerprint density at radius 1 is 1.23 bits per heavy atom. The predicted octanol–water partition coefficient (Wildman–Crippen LogP) is 2.93. The van der Waals surface area contributed by atoms with Gasteiger partial charge in [-0.3, -0.25) is 0 Å². The van der Waals surface area contributed by atoms with Gasteiger partial charge in [-0.2, -0.15) is 0 Å². The number of allylic oxidation sites excluding steroid dienone is 1. The average molecular weight is 176 g/mol. The lowest BCUT2D eigenvalue weighted by Crippen LogP contribution is -2.06.